The molecule has 0 spiro atoms. The van der Waals surface area contributed by atoms with E-state index < -0.39 is 0 Å². The molecule has 0 aromatic rings. The molecule has 0 aromatic carbocycles. The van der Waals surface area contributed by atoms with Gasteiger partial charge >= 0.3 is 0 Å². The van der Waals surface area contributed by atoms with Crippen LogP contribution >= 0.6 is 0 Å². The van der Waals surface area contributed by atoms with E-state index in [0.717, 1.165) is 32.7 Å². The lowest BCUT2D eigenvalue weighted by Crippen LogP contribution is -2.51. The van der Waals surface area contributed by atoms with Crippen molar-refractivity contribution >= 4 is 5.91 Å². The number of carbonyl (C=O) groups excluding carboxylic acids is 1. The van der Waals surface area contributed by atoms with Crippen LogP contribution in [-0.2, 0) is 4.79 Å². The maximum Gasteiger partial charge on any atom is 0.236 e. The molecule has 0 aliphatic carbocycles. The molecule has 0 bridgehead atoms. The Morgan fingerprint density at radius 3 is 2.56 bits per heavy atom. The first kappa shape index (κ1) is 11.9. The quantitative estimate of drug-likeness (QED) is 0.747. The Hall–Kier alpha value is -0.610. The van der Waals surface area contributed by atoms with Crippen molar-refractivity contribution in [3.05, 3.63) is 0 Å². The van der Waals surface area contributed by atoms with Gasteiger partial charge in [-0.05, 0) is 38.9 Å². The first-order valence-electron chi connectivity index (χ1n) is 6.54. The summed E-state index contributed by atoms with van der Waals surface area (Å²) in [4.78, 5) is 16.2. The van der Waals surface area contributed by atoms with Crippen molar-refractivity contribution < 1.29 is 4.79 Å². The Morgan fingerprint density at radius 1 is 1.38 bits per heavy atom. The fraction of sp³-hybridized carbons (Fsp3) is 0.917. The van der Waals surface area contributed by atoms with Crippen LogP contribution in [0.2, 0.25) is 0 Å². The average molecular weight is 225 g/mol. The highest BCUT2D eigenvalue weighted by Crippen LogP contribution is 2.13. The lowest BCUT2D eigenvalue weighted by atomic mass is 10.0. The van der Waals surface area contributed by atoms with Gasteiger partial charge in [0.25, 0.3) is 0 Å². The minimum Gasteiger partial charge on any atom is -0.341 e. The summed E-state index contributed by atoms with van der Waals surface area (Å²) in [5.41, 5.74) is 0. The highest BCUT2D eigenvalue weighted by Gasteiger charge is 2.25. The molecule has 2 fully saturated rings. The number of amides is 1. The van der Waals surface area contributed by atoms with Crippen LogP contribution in [0.25, 0.3) is 0 Å². The van der Waals surface area contributed by atoms with Crippen LogP contribution in [0.1, 0.15) is 26.2 Å². The van der Waals surface area contributed by atoms with Gasteiger partial charge in [-0.25, -0.2) is 0 Å². The third-order valence-electron chi connectivity index (χ3n) is 3.78. The minimum absolute atomic E-state index is 0.326. The number of rotatable bonds is 4. The second kappa shape index (κ2) is 5.64. The third-order valence-corrected chi connectivity index (χ3v) is 3.78. The summed E-state index contributed by atoms with van der Waals surface area (Å²) in [6, 6.07) is 0.608. The zero-order valence-electron chi connectivity index (χ0n) is 10.2. The Balaban J connectivity index is 1.81. The van der Waals surface area contributed by atoms with E-state index in [1.807, 2.05) is 4.90 Å². The molecule has 2 heterocycles. The van der Waals surface area contributed by atoms with Crippen molar-refractivity contribution in [3.63, 3.8) is 0 Å². The minimum atomic E-state index is 0.326. The van der Waals surface area contributed by atoms with Gasteiger partial charge in [-0.2, -0.15) is 0 Å². The standard InChI is InChI=1S/C12H23N3O/c1-2-14(11-4-6-13-7-5-11)10-12(16)15-8-3-9-15/h11,13H,2-10H2,1H3. The molecular weight excluding hydrogens is 202 g/mol. The van der Waals surface area contributed by atoms with Crippen molar-refractivity contribution in [1.29, 1.82) is 0 Å². The molecule has 2 saturated heterocycles. The lowest BCUT2D eigenvalue weighted by molar-refractivity contribution is -0.136. The fourth-order valence-electron chi connectivity index (χ4n) is 2.51. The lowest BCUT2D eigenvalue weighted by Gasteiger charge is -2.37. The molecule has 0 saturated carbocycles. The highest BCUT2D eigenvalue weighted by atomic mass is 16.2. The van der Waals surface area contributed by atoms with Gasteiger partial charge in [-0.3, -0.25) is 9.69 Å². The van der Waals surface area contributed by atoms with Gasteiger partial charge in [0.05, 0.1) is 6.54 Å². The fourth-order valence-corrected chi connectivity index (χ4v) is 2.51. The zero-order valence-corrected chi connectivity index (χ0v) is 10.2. The van der Waals surface area contributed by atoms with Crippen molar-refractivity contribution in [2.75, 3.05) is 39.3 Å². The molecule has 0 aromatic heterocycles. The molecule has 1 amide bonds. The van der Waals surface area contributed by atoms with E-state index in [2.05, 4.69) is 17.1 Å². The Kier molecular flexibility index (Phi) is 4.18. The second-order valence-electron chi connectivity index (χ2n) is 4.78. The van der Waals surface area contributed by atoms with Gasteiger partial charge in [0.1, 0.15) is 0 Å². The largest absolute Gasteiger partial charge is 0.341 e. The van der Waals surface area contributed by atoms with Gasteiger partial charge in [-0.15, -0.1) is 0 Å². The maximum atomic E-state index is 11.9. The van der Waals surface area contributed by atoms with E-state index >= 15 is 0 Å². The summed E-state index contributed by atoms with van der Waals surface area (Å²) in [6.07, 6.45) is 3.55. The van der Waals surface area contributed by atoms with E-state index in [1.54, 1.807) is 0 Å². The number of likely N-dealkylation sites (N-methyl/N-ethyl adjacent to an activating group) is 1. The zero-order chi connectivity index (χ0) is 11.4. The second-order valence-corrected chi connectivity index (χ2v) is 4.78. The summed E-state index contributed by atoms with van der Waals surface area (Å²) in [7, 11) is 0. The summed E-state index contributed by atoms with van der Waals surface area (Å²) in [5, 5.41) is 3.37. The van der Waals surface area contributed by atoms with Crippen LogP contribution < -0.4 is 5.32 Å². The first-order valence-corrected chi connectivity index (χ1v) is 6.54. The molecule has 0 radical (unpaired) electrons. The molecule has 16 heavy (non-hydrogen) atoms. The van der Waals surface area contributed by atoms with E-state index in [0.29, 0.717) is 18.5 Å². The van der Waals surface area contributed by atoms with Crippen molar-refractivity contribution in [1.82, 2.24) is 15.1 Å². The molecule has 2 rings (SSSR count). The van der Waals surface area contributed by atoms with E-state index in [-0.39, 0.29) is 0 Å². The maximum absolute atomic E-state index is 11.9. The molecule has 2 aliphatic rings. The molecule has 2 aliphatic heterocycles. The van der Waals surface area contributed by atoms with Gasteiger partial charge in [0, 0.05) is 19.1 Å². The molecule has 92 valence electrons. The Labute approximate surface area is 98.0 Å². The monoisotopic (exact) mass is 225 g/mol. The predicted octanol–water partition coefficient (Wildman–Crippen LogP) is 0.293. The van der Waals surface area contributed by atoms with Crippen LogP contribution in [-0.4, -0.2) is 61.0 Å². The molecule has 1 N–H and O–H groups in total. The van der Waals surface area contributed by atoms with Crippen molar-refractivity contribution in [2.45, 2.75) is 32.2 Å². The van der Waals surface area contributed by atoms with Gasteiger partial charge in [0.2, 0.25) is 5.91 Å². The average Bonchev–Trinajstić information content (AvgIpc) is 2.24. The summed E-state index contributed by atoms with van der Waals surface area (Å²) < 4.78 is 0. The predicted molar refractivity (Wildman–Crippen MR) is 64.3 cm³/mol. The van der Waals surface area contributed by atoms with E-state index in [9.17, 15) is 4.79 Å². The van der Waals surface area contributed by atoms with Crippen LogP contribution in [0, 0.1) is 0 Å². The first-order chi connectivity index (χ1) is 7.81. The molecule has 4 heteroatoms. The van der Waals surface area contributed by atoms with Crippen LogP contribution in [0.15, 0.2) is 0 Å². The number of nitrogens with one attached hydrogen (secondary N) is 1. The molecule has 4 nitrogen and oxygen atoms in total. The molecule has 0 unspecified atom stereocenters. The Bertz CT molecular complexity index is 234. The number of hydrogen-bond donors (Lipinski definition) is 1. The SMILES string of the molecule is CCN(CC(=O)N1CCC1)C1CCNCC1. The van der Waals surface area contributed by atoms with E-state index in [1.165, 1.54) is 19.3 Å². The van der Waals surface area contributed by atoms with E-state index in [4.69, 9.17) is 0 Å². The number of carbonyl (C=O) groups is 1. The number of likely N-dealkylation sites (tertiary alicyclic amines) is 1. The molecular formula is C12H23N3O. The normalized spacial score (nSPS) is 22.2. The van der Waals surface area contributed by atoms with Gasteiger partial charge < -0.3 is 10.2 Å². The summed E-state index contributed by atoms with van der Waals surface area (Å²) in [5.74, 6) is 0.326. The van der Waals surface area contributed by atoms with Crippen molar-refractivity contribution in [2.24, 2.45) is 0 Å². The third kappa shape index (κ3) is 2.74. The Morgan fingerprint density at radius 2 is 2.06 bits per heavy atom. The highest BCUT2D eigenvalue weighted by molar-refractivity contribution is 5.78. The van der Waals surface area contributed by atoms with Gasteiger partial charge in [-0.1, -0.05) is 6.92 Å². The smallest absolute Gasteiger partial charge is 0.236 e. The van der Waals surface area contributed by atoms with Crippen LogP contribution in [0.4, 0.5) is 0 Å². The number of hydrogen-bond acceptors (Lipinski definition) is 3. The van der Waals surface area contributed by atoms with Gasteiger partial charge in [0.15, 0.2) is 0 Å². The summed E-state index contributed by atoms with van der Waals surface area (Å²) in [6.45, 7) is 7.92. The van der Waals surface area contributed by atoms with Crippen molar-refractivity contribution in [3.8, 4) is 0 Å². The summed E-state index contributed by atoms with van der Waals surface area (Å²) >= 11 is 0. The van der Waals surface area contributed by atoms with Crippen LogP contribution in [0.5, 0.6) is 0 Å². The number of piperidine rings is 1. The topological polar surface area (TPSA) is 35.6 Å². The molecule has 0 atom stereocenters. The number of nitrogens with zero attached hydrogens (tertiary/aromatic N) is 2. The van der Waals surface area contributed by atoms with Crippen LogP contribution in [0.3, 0.4) is 0 Å².